The number of benzene rings is 1. The zero-order chi connectivity index (χ0) is 23.5. The van der Waals surface area contributed by atoms with E-state index >= 15 is 0 Å². The minimum absolute atomic E-state index is 0.0248. The van der Waals surface area contributed by atoms with Crippen LogP contribution in [0.5, 0.6) is 0 Å². The van der Waals surface area contributed by atoms with Crippen LogP contribution in [0.15, 0.2) is 53.6 Å². The average Bonchev–Trinajstić information content (AvgIpc) is 3.44. The Bertz CT molecular complexity index is 1150. The lowest BCUT2D eigenvalue weighted by Gasteiger charge is -2.20. The molecular weight excluding hydrogens is 412 g/mol. The maximum atomic E-state index is 13.1. The number of aromatic nitrogens is 3. The Hall–Kier alpha value is -2.99. The van der Waals surface area contributed by atoms with Gasteiger partial charge in [0.15, 0.2) is 5.78 Å². The number of likely N-dealkylation sites (tertiary alicyclic amines) is 1. The van der Waals surface area contributed by atoms with Crippen molar-refractivity contribution in [2.24, 2.45) is 13.0 Å². The second-order valence-electron chi connectivity index (χ2n) is 9.60. The van der Waals surface area contributed by atoms with Crippen LogP contribution < -0.4 is 5.56 Å². The predicted molar refractivity (Wildman–Crippen MR) is 132 cm³/mol. The molecule has 2 aromatic heterocycles. The lowest BCUT2D eigenvalue weighted by atomic mass is 10.00. The van der Waals surface area contributed by atoms with Crippen LogP contribution in [-0.2, 0) is 13.6 Å². The summed E-state index contributed by atoms with van der Waals surface area (Å²) in [5, 5.41) is 0. The summed E-state index contributed by atoms with van der Waals surface area (Å²) in [6.07, 6.45) is 6.26. The van der Waals surface area contributed by atoms with Crippen LogP contribution in [0, 0.1) is 12.8 Å². The molecule has 1 aliphatic rings. The largest absolute Gasteiger partial charge is 0.326 e. The first-order valence-electron chi connectivity index (χ1n) is 11.9. The number of Topliss-reactive ketones (excluding diaryl/α,β-unsaturated/α-hetero) is 1. The van der Waals surface area contributed by atoms with Gasteiger partial charge in [-0.2, -0.15) is 0 Å². The molecule has 33 heavy (non-hydrogen) atoms. The standard InChI is InChI=1S/C27H34N4O2/c1-19(2)30-13-12-22(15-30)10-11-25(32)24-18-31(16-21-8-6-5-7-9-21)26(28-24)23-14-20(3)27(33)29(4)17-23/h5-9,14,17-19,22H,10-13,15-16H2,1-4H3. The molecule has 0 radical (unpaired) electrons. The summed E-state index contributed by atoms with van der Waals surface area (Å²) in [4.78, 5) is 32.6. The second kappa shape index (κ2) is 9.87. The topological polar surface area (TPSA) is 60.1 Å². The fourth-order valence-corrected chi connectivity index (χ4v) is 4.71. The van der Waals surface area contributed by atoms with Crippen LogP contribution in [0.2, 0.25) is 0 Å². The molecule has 0 spiro atoms. The van der Waals surface area contributed by atoms with Gasteiger partial charge < -0.3 is 14.0 Å². The van der Waals surface area contributed by atoms with E-state index < -0.39 is 0 Å². The first kappa shape index (κ1) is 23.2. The minimum atomic E-state index is -0.0248. The van der Waals surface area contributed by atoms with E-state index in [1.54, 1.807) is 17.8 Å². The van der Waals surface area contributed by atoms with Crippen molar-refractivity contribution in [2.75, 3.05) is 13.1 Å². The zero-order valence-corrected chi connectivity index (χ0v) is 20.1. The number of aryl methyl sites for hydroxylation is 2. The third kappa shape index (κ3) is 5.33. The summed E-state index contributed by atoms with van der Waals surface area (Å²) in [6, 6.07) is 12.6. The lowest BCUT2D eigenvalue weighted by Crippen LogP contribution is -2.28. The Labute approximate surface area is 195 Å². The molecule has 0 bridgehead atoms. The van der Waals surface area contributed by atoms with E-state index in [0.717, 1.165) is 37.1 Å². The van der Waals surface area contributed by atoms with Crippen molar-refractivity contribution in [1.82, 2.24) is 19.0 Å². The third-order valence-corrected chi connectivity index (χ3v) is 6.71. The summed E-state index contributed by atoms with van der Waals surface area (Å²) in [6.45, 7) is 9.09. The highest BCUT2D eigenvalue weighted by Crippen LogP contribution is 2.25. The molecule has 3 aromatic rings. The minimum Gasteiger partial charge on any atom is -0.326 e. The number of nitrogens with zero attached hydrogens (tertiary/aromatic N) is 4. The highest BCUT2D eigenvalue weighted by atomic mass is 16.1. The Kier molecular flexibility index (Phi) is 6.94. The number of rotatable bonds is 8. The van der Waals surface area contributed by atoms with E-state index in [2.05, 4.69) is 30.9 Å². The molecule has 3 heterocycles. The van der Waals surface area contributed by atoms with Crippen molar-refractivity contribution in [3.8, 4) is 11.4 Å². The second-order valence-corrected chi connectivity index (χ2v) is 9.60. The van der Waals surface area contributed by atoms with E-state index in [1.807, 2.05) is 42.0 Å². The number of hydrogen-bond donors (Lipinski definition) is 0. The molecule has 174 valence electrons. The van der Waals surface area contributed by atoms with Crippen LogP contribution in [0.4, 0.5) is 0 Å². The first-order chi connectivity index (χ1) is 15.8. The summed E-state index contributed by atoms with van der Waals surface area (Å²) in [7, 11) is 1.75. The number of imidazole rings is 1. The Morgan fingerprint density at radius 3 is 2.61 bits per heavy atom. The van der Waals surface area contributed by atoms with E-state index in [1.165, 1.54) is 0 Å². The van der Waals surface area contributed by atoms with Gasteiger partial charge in [-0.15, -0.1) is 0 Å². The Morgan fingerprint density at radius 2 is 1.94 bits per heavy atom. The fraction of sp³-hybridized carbons (Fsp3) is 0.444. The normalized spacial score (nSPS) is 16.6. The van der Waals surface area contributed by atoms with Crippen molar-refractivity contribution < 1.29 is 4.79 Å². The molecule has 0 saturated carbocycles. The third-order valence-electron chi connectivity index (χ3n) is 6.71. The molecule has 0 amide bonds. The molecule has 1 fully saturated rings. The van der Waals surface area contributed by atoms with Crippen molar-refractivity contribution >= 4 is 5.78 Å². The van der Waals surface area contributed by atoms with Gasteiger partial charge in [-0.25, -0.2) is 4.98 Å². The Balaban J connectivity index is 1.58. The highest BCUT2D eigenvalue weighted by molar-refractivity contribution is 5.94. The van der Waals surface area contributed by atoms with Crippen molar-refractivity contribution in [1.29, 1.82) is 0 Å². The van der Waals surface area contributed by atoms with E-state index in [4.69, 9.17) is 4.98 Å². The van der Waals surface area contributed by atoms with E-state index in [-0.39, 0.29) is 11.3 Å². The fourth-order valence-electron chi connectivity index (χ4n) is 4.71. The van der Waals surface area contributed by atoms with Crippen LogP contribution in [0.3, 0.4) is 0 Å². The van der Waals surface area contributed by atoms with Crippen LogP contribution in [0.1, 0.15) is 54.7 Å². The predicted octanol–water partition coefficient (Wildman–Crippen LogP) is 4.30. The average molecular weight is 447 g/mol. The first-order valence-corrected chi connectivity index (χ1v) is 11.9. The van der Waals surface area contributed by atoms with Crippen LogP contribution in [-0.4, -0.2) is 43.9 Å². The molecule has 4 rings (SSSR count). The van der Waals surface area contributed by atoms with Gasteiger partial charge in [0.1, 0.15) is 11.5 Å². The smallest absolute Gasteiger partial charge is 0.253 e. The quantitative estimate of drug-likeness (QED) is 0.484. The van der Waals surface area contributed by atoms with Gasteiger partial charge in [0.2, 0.25) is 0 Å². The SMILES string of the molecule is Cc1cc(-c2nc(C(=O)CCC3CCN(C(C)C)C3)cn2Cc2ccccc2)cn(C)c1=O. The van der Waals surface area contributed by atoms with Gasteiger partial charge in [0.25, 0.3) is 5.56 Å². The molecule has 1 unspecified atom stereocenters. The summed E-state index contributed by atoms with van der Waals surface area (Å²) in [5.74, 6) is 1.38. The molecule has 1 atom stereocenters. The summed E-state index contributed by atoms with van der Waals surface area (Å²) < 4.78 is 3.60. The number of pyridine rings is 1. The summed E-state index contributed by atoms with van der Waals surface area (Å²) in [5.41, 5.74) is 3.12. The van der Waals surface area contributed by atoms with Gasteiger partial charge in [-0.3, -0.25) is 9.59 Å². The molecule has 1 aromatic carbocycles. The molecule has 1 aliphatic heterocycles. The van der Waals surface area contributed by atoms with Crippen molar-refractivity contribution in [3.05, 3.63) is 76.0 Å². The molecular formula is C27H34N4O2. The van der Waals surface area contributed by atoms with Gasteiger partial charge in [0.05, 0.1) is 0 Å². The van der Waals surface area contributed by atoms with Crippen molar-refractivity contribution in [2.45, 2.75) is 52.6 Å². The maximum absolute atomic E-state index is 13.1. The van der Waals surface area contributed by atoms with E-state index in [0.29, 0.717) is 42.0 Å². The monoisotopic (exact) mass is 446 g/mol. The van der Waals surface area contributed by atoms with E-state index in [9.17, 15) is 9.59 Å². The molecule has 6 nitrogen and oxygen atoms in total. The number of carbonyl (C=O) groups excluding carboxylic acids is 1. The Morgan fingerprint density at radius 1 is 1.18 bits per heavy atom. The lowest BCUT2D eigenvalue weighted by molar-refractivity contribution is 0.0969. The molecule has 1 saturated heterocycles. The summed E-state index contributed by atoms with van der Waals surface area (Å²) >= 11 is 0. The molecule has 0 aliphatic carbocycles. The van der Waals surface area contributed by atoms with Gasteiger partial charge in [-0.05, 0) is 57.7 Å². The molecule has 0 N–H and O–H groups in total. The number of ketones is 1. The van der Waals surface area contributed by atoms with Gasteiger partial charge in [-0.1, -0.05) is 30.3 Å². The number of hydrogen-bond acceptors (Lipinski definition) is 4. The zero-order valence-electron chi connectivity index (χ0n) is 20.1. The maximum Gasteiger partial charge on any atom is 0.253 e. The van der Waals surface area contributed by atoms with Crippen molar-refractivity contribution in [3.63, 3.8) is 0 Å². The van der Waals surface area contributed by atoms with Gasteiger partial charge >= 0.3 is 0 Å². The number of carbonyl (C=O) groups is 1. The van der Waals surface area contributed by atoms with Gasteiger partial charge in [0, 0.05) is 56.1 Å². The highest BCUT2D eigenvalue weighted by Gasteiger charge is 2.25. The van der Waals surface area contributed by atoms with Crippen LogP contribution in [0.25, 0.3) is 11.4 Å². The molecule has 6 heteroatoms. The van der Waals surface area contributed by atoms with Crippen LogP contribution >= 0.6 is 0 Å².